The predicted octanol–water partition coefficient (Wildman–Crippen LogP) is 2.64. The molecule has 0 radical (unpaired) electrons. The highest BCUT2D eigenvalue weighted by molar-refractivity contribution is 7.89. The van der Waals surface area contributed by atoms with E-state index in [1.807, 2.05) is 13.0 Å². The molecule has 150 valence electrons. The molecule has 0 saturated heterocycles. The second kappa shape index (κ2) is 8.20. The molecule has 0 spiro atoms. The van der Waals surface area contributed by atoms with E-state index >= 15 is 0 Å². The fourth-order valence-corrected chi connectivity index (χ4v) is 4.11. The third kappa shape index (κ3) is 4.63. The fraction of sp³-hybridized carbons (Fsp3) is 0.350. The molecular formula is C20H24N2O5S. The van der Waals surface area contributed by atoms with Gasteiger partial charge in [0.25, 0.3) is 5.91 Å². The highest BCUT2D eigenvalue weighted by atomic mass is 32.2. The van der Waals surface area contributed by atoms with Crippen LogP contribution in [-0.4, -0.2) is 34.6 Å². The van der Waals surface area contributed by atoms with Crippen molar-refractivity contribution in [3.63, 3.8) is 0 Å². The van der Waals surface area contributed by atoms with Gasteiger partial charge in [0, 0.05) is 17.2 Å². The molecule has 0 aromatic heterocycles. The van der Waals surface area contributed by atoms with E-state index in [9.17, 15) is 13.2 Å². The van der Waals surface area contributed by atoms with Crippen LogP contribution in [0.25, 0.3) is 0 Å². The van der Waals surface area contributed by atoms with E-state index in [0.717, 1.165) is 18.4 Å². The average molecular weight is 404 g/mol. The summed E-state index contributed by atoms with van der Waals surface area (Å²) in [5.41, 5.74) is 1.15. The fourth-order valence-electron chi connectivity index (χ4n) is 2.81. The van der Waals surface area contributed by atoms with Crippen LogP contribution in [-0.2, 0) is 10.0 Å². The predicted molar refractivity (Wildman–Crippen MR) is 105 cm³/mol. The second-order valence-electron chi connectivity index (χ2n) is 6.72. The molecule has 0 aliphatic heterocycles. The highest BCUT2D eigenvalue weighted by Gasteiger charge is 2.28. The Hall–Kier alpha value is -2.58. The smallest absolute Gasteiger partial charge is 0.251 e. The Balaban J connectivity index is 1.72. The Kier molecular flexibility index (Phi) is 5.90. The van der Waals surface area contributed by atoms with Gasteiger partial charge in [0.05, 0.1) is 25.2 Å². The van der Waals surface area contributed by atoms with Crippen LogP contribution in [0.4, 0.5) is 0 Å². The van der Waals surface area contributed by atoms with E-state index in [-0.39, 0.29) is 22.9 Å². The molecule has 0 bridgehead atoms. The molecule has 8 heteroatoms. The zero-order chi connectivity index (χ0) is 20.3. The molecule has 3 rings (SSSR count). The topological polar surface area (TPSA) is 93.7 Å². The Bertz CT molecular complexity index is 953. The van der Waals surface area contributed by atoms with Crippen molar-refractivity contribution < 1.29 is 22.7 Å². The Morgan fingerprint density at radius 3 is 2.32 bits per heavy atom. The minimum Gasteiger partial charge on any atom is -0.497 e. The van der Waals surface area contributed by atoms with Gasteiger partial charge in [0.1, 0.15) is 11.5 Å². The molecule has 2 aromatic carbocycles. The zero-order valence-corrected chi connectivity index (χ0v) is 16.9. The van der Waals surface area contributed by atoms with Gasteiger partial charge in [-0.3, -0.25) is 4.79 Å². The maximum atomic E-state index is 12.6. The van der Waals surface area contributed by atoms with Crippen LogP contribution < -0.4 is 19.5 Å². The first kappa shape index (κ1) is 20.2. The summed E-state index contributed by atoms with van der Waals surface area (Å²) in [5.74, 6) is 0.993. The lowest BCUT2D eigenvalue weighted by molar-refractivity contribution is 0.0939. The number of sulfonamides is 1. The van der Waals surface area contributed by atoms with E-state index in [4.69, 9.17) is 9.47 Å². The van der Waals surface area contributed by atoms with Crippen LogP contribution in [0.1, 0.15) is 41.7 Å². The number of hydrogen-bond acceptors (Lipinski definition) is 5. The molecule has 7 nitrogen and oxygen atoms in total. The summed E-state index contributed by atoms with van der Waals surface area (Å²) < 4.78 is 37.7. The van der Waals surface area contributed by atoms with Crippen molar-refractivity contribution in [2.45, 2.75) is 36.7 Å². The number of amides is 1. The molecule has 1 aliphatic rings. The molecule has 1 aliphatic carbocycles. The van der Waals surface area contributed by atoms with Crippen molar-refractivity contribution >= 4 is 15.9 Å². The van der Waals surface area contributed by atoms with Crippen LogP contribution in [0.5, 0.6) is 11.5 Å². The molecule has 1 atom stereocenters. The number of rotatable bonds is 8. The SMILES string of the molecule is COc1ccc(OC)c([C@@H](C)NC(=O)c2ccc(S(=O)(=O)NC3CC3)cc2)c1. The quantitative estimate of drug-likeness (QED) is 0.705. The van der Waals surface area contributed by atoms with Crippen LogP contribution >= 0.6 is 0 Å². The van der Waals surface area contributed by atoms with E-state index < -0.39 is 10.0 Å². The maximum absolute atomic E-state index is 12.6. The van der Waals surface area contributed by atoms with Crippen LogP contribution in [0.3, 0.4) is 0 Å². The molecular weight excluding hydrogens is 380 g/mol. The van der Waals surface area contributed by atoms with E-state index in [1.54, 1.807) is 26.4 Å². The summed E-state index contributed by atoms with van der Waals surface area (Å²) in [7, 11) is -0.398. The van der Waals surface area contributed by atoms with Crippen molar-refractivity contribution in [3.05, 3.63) is 53.6 Å². The van der Waals surface area contributed by atoms with Crippen molar-refractivity contribution in [2.24, 2.45) is 0 Å². The van der Waals surface area contributed by atoms with Crippen molar-refractivity contribution in [1.82, 2.24) is 10.0 Å². The van der Waals surface area contributed by atoms with Gasteiger partial charge >= 0.3 is 0 Å². The monoisotopic (exact) mass is 404 g/mol. The number of methoxy groups -OCH3 is 2. The van der Waals surface area contributed by atoms with Crippen molar-refractivity contribution in [1.29, 1.82) is 0 Å². The van der Waals surface area contributed by atoms with Crippen LogP contribution in [0, 0.1) is 0 Å². The number of carbonyl (C=O) groups is 1. The van der Waals surface area contributed by atoms with Gasteiger partial charge in [-0.1, -0.05) is 0 Å². The first-order chi connectivity index (χ1) is 13.3. The van der Waals surface area contributed by atoms with Gasteiger partial charge in [-0.15, -0.1) is 0 Å². The summed E-state index contributed by atoms with van der Waals surface area (Å²) in [6, 6.07) is 11.0. The van der Waals surface area contributed by atoms with E-state index in [0.29, 0.717) is 17.1 Å². The van der Waals surface area contributed by atoms with Gasteiger partial charge in [-0.05, 0) is 62.2 Å². The standard InChI is InChI=1S/C20H24N2O5S/c1-13(18-12-16(26-2)8-11-19(18)27-3)21-20(23)14-4-9-17(10-5-14)28(24,25)22-15-6-7-15/h4-5,8-13,15,22H,6-7H2,1-3H3,(H,21,23)/t13-/m1/s1. The first-order valence-corrected chi connectivity index (χ1v) is 10.5. The molecule has 28 heavy (non-hydrogen) atoms. The maximum Gasteiger partial charge on any atom is 0.251 e. The zero-order valence-electron chi connectivity index (χ0n) is 16.1. The summed E-state index contributed by atoms with van der Waals surface area (Å²) in [6.45, 7) is 1.84. The Labute approximate surface area is 165 Å². The Morgan fingerprint density at radius 2 is 1.75 bits per heavy atom. The minimum absolute atomic E-state index is 0.0340. The van der Waals surface area contributed by atoms with Crippen molar-refractivity contribution in [3.8, 4) is 11.5 Å². The number of hydrogen-bond donors (Lipinski definition) is 2. The summed E-state index contributed by atoms with van der Waals surface area (Å²) in [5, 5.41) is 2.90. The lowest BCUT2D eigenvalue weighted by Crippen LogP contribution is -2.27. The summed E-state index contributed by atoms with van der Waals surface area (Å²) in [4.78, 5) is 12.7. The van der Waals surface area contributed by atoms with E-state index in [1.165, 1.54) is 24.3 Å². The molecule has 0 heterocycles. The number of nitrogens with one attached hydrogen (secondary N) is 2. The molecule has 1 amide bonds. The summed E-state index contributed by atoms with van der Waals surface area (Å²) >= 11 is 0. The third-order valence-corrected chi connectivity index (χ3v) is 6.11. The summed E-state index contributed by atoms with van der Waals surface area (Å²) in [6.07, 6.45) is 1.73. The third-order valence-electron chi connectivity index (χ3n) is 4.58. The molecule has 1 saturated carbocycles. The van der Waals surface area contributed by atoms with E-state index in [2.05, 4.69) is 10.0 Å². The number of benzene rings is 2. The molecule has 2 N–H and O–H groups in total. The lowest BCUT2D eigenvalue weighted by Gasteiger charge is -2.18. The second-order valence-corrected chi connectivity index (χ2v) is 8.44. The van der Waals surface area contributed by atoms with Crippen molar-refractivity contribution in [2.75, 3.05) is 14.2 Å². The van der Waals surface area contributed by atoms with Gasteiger partial charge in [0.2, 0.25) is 10.0 Å². The molecule has 2 aromatic rings. The highest BCUT2D eigenvalue weighted by Crippen LogP contribution is 2.29. The average Bonchev–Trinajstić information content (AvgIpc) is 3.50. The largest absolute Gasteiger partial charge is 0.497 e. The van der Waals surface area contributed by atoms with Gasteiger partial charge in [-0.2, -0.15) is 0 Å². The van der Waals surface area contributed by atoms with Crippen LogP contribution in [0.15, 0.2) is 47.4 Å². The van der Waals surface area contributed by atoms with Gasteiger partial charge in [-0.25, -0.2) is 13.1 Å². The van der Waals surface area contributed by atoms with Gasteiger partial charge in [0.15, 0.2) is 0 Å². The number of ether oxygens (including phenoxy) is 2. The lowest BCUT2D eigenvalue weighted by atomic mass is 10.1. The molecule has 1 fully saturated rings. The normalized spacial score (nSPS) is 15.0. The Morgan fingerprint density at radius 1 is 1.07 bits per heavy atom. The van der Waals surface area contributed by atoms with Crippen LogP contribution in [0.2, 0.25) is 0 Å². The first-order valence-electron chi connectivity index (χ1n) is 8.99. The molecule has 0 unspecified atom stereocenters. The van der Waals surface area contributed by atoms with Gasteiger partial charge < -0.3 is 14.8 Å². The number of carbonyl (C=O) groups excluding carboxylic acids is 1. The minimum atomic E-state index is -3.53.